The van der Waals surface area contributed by atoms with Crippen molar-refractivity contribution in [2.75, 3.05) is 13.1 Å². The normalized spacial score (nSPS) is 17.6. The van der Waals surface area contributed by atoms with Crippen molar-refractivity contribution in [1.82, 2.24) is 8.87 Å². The van der Waals surface area contributed by atoms with Crippen LogP contribution in [0.4, 0.5) is 0 Å². The lowest BCUT2D eigenvalue weighted by atomic mass is 9.98. The highest BCUT2D eigenvalue weighted by molar-refractivity contribution is 7.89. The summed E-state index contributed by atoms with van der Waals surface area (Å²) in [7, 11) is -1.68. The molecule has 1 saturated heterocycles. The van der Waals surface area contributed by atoms with Gasteiger partial charge < -0.3 is 4.57 Å². The van der Waals surface area contributed by atoms with Crippen molar-refractivity contribution in [3.8, 4) is 0 Å². The minimum absolute atomic E-state index is 0.161. The monoisotopic (exact) mass is 393 g/mol. The number of carbonyl (C=O) groups is 1. The van der Waals surface area contributed by atoms with Gasteiger partial charge in [0.1, 0.15) is 0 Å². The third-order valence-corrected chi connectivity index (χ3v) is 7.62. The molecule has 6 nitrogen and oxygen atoms in total. The fraction of sp³-hybridized carbons (Fsp3) is 0.444. The third kappa shape index (κ3) is 3.82. The van der Waals surface area contributed by atoms with E-state index in [9.17, 15) is 13.2 Å². The lowest BCUT2D eigenvalue weighted by Gasteiger charge is -2.30. The van der Waals surface area contributed by atoms with E-state index in [-0.39, 0.29) is 11.8 Å². The maximum Gasteiger partial charge on any atom is 0.251 e. The predicted molar refractivity (Wildman–Crippen MR) is 101 cm³/mol. The van der Waals surface area contributed by atoms with Crippen LogP contribution >= 0.6 is 11.3 Å². The van der Waals surface area contributed by atoms with Crippen LogP contribution in [0.3, 0.4) is 0 Å². The van der Waals surface area contributed by atoms with Crippen molar-refractivity contribution in [3.63, 3.8) is 0 Å². The van der Waals surface area contributed by atoms with E-state index in [0.29, 0.717) is 35.6 Å². The summed E-state index contributed by atoms with van der Waals surface area (Å²) < 4.78 is 29.1. The molecule has 0 unspecified atom stereocenters. The van der Waals surface area contributed by atoms with Crippen LogP contribution in [0.25, 0.3) is 0 Å². The Kier molecular flexibility index (Phi) is 5.45. The number of aryl methyl sites for hydroxylation is 3. The Hall–Kier alpha value is -1.77. The van der Waals surface area contributed by atoms with Crippen LogP contribution in [0, 0.1) is 19.8 Å². The Balaban J connectivity index is 1.72. The van der Waals surface area contributed by atoms with Gasteiger partial charge in [0.15, 0.2) is 4.80 Å². The molecule has 0 radical (unpaired) electrons. The van der Waals surface area contributed by atoms with Crippen LogP contribution in [0.5, 0.6) is 0 Å². The number of hydrogen-bond donors (Lipinski definition) is 0. The molecule has 2 heterocycles. The molecule has 1 fully saturated rings. The van der Waals surface area contributed by atoms with E-state index in [0.717, 1.165) is 11.1 Å². The third-order valence-electron chi connectivity index (χ3n) is 4.72. The van der Waals surface area contributed by atoms with Gasteiger partial charge in [-0.2, -0.15) is 9.30 Å². The van der Waals surface area contributed by atoms with Gasteiger partial charge in [0, 0.05) is 37.6 Å². The zero-order valence-electron chi connectivity index (χ0n) is 15.2. The van der Waals surface area contributed by atoms with Crippen LogP contribution in [0.1, 0.15) is 24.0 Å². The molecule has 140 valence electrons. The fourth-order valence-corrected chi connectivity index (χ4v) is 5.60. The Morgan fingerprint density at radius 1 is 1.23 bits per heavy atom. The highest BCUT2D eigenvalue weighted by Crippen LogP contribution is 2.26. The zero-order valence-corrected chi connectivity index (χ0v) is 16.8. The second kappa shape index (κ2) is 7.46. The maximum absolute atomic E-state index is 12.9. The van der Waals surface area contributed by atoms with E-state index >= 15 is 0 Å². The summed E-state index contributed by atoms with van der Waals surface area (Å²) in [5.74, 6) is -0.380. The minimum Gasteiger partial charge on any atom is -0.327 e. The van der Waals surface area contributed by atoms with E-state index in [2.05, 4.69) is 4.99 Å². The van der Waals surface area contributed by atoms with Crippen LogP contribution < -0.4 is 4.80 Å². The van der Waals surface area contributed by atoms with Gasteiger partial charge in [-0.05, 0) is 38.3 Å². The first-order valence-corrected chi connectivity index (χ1v) is 10.9. The number of aromatic nitrogens is 1. The molecule has 0 bridgehead atoms. The molecule has 1 aliphatic heterocycles. The van der Waals surface area contributed by atoms with Gasteiger partial charge >= 0.3 is 0 Å². The molecular weight excluding hydrogens is 370 g/mol. The molecule has 0 spiro atoms. The summed E-state index contributed by atoms with van der Waals surface area (Å²) in [6, 6.07) is 5.36. The van der Waals surface area contributed by atoms with Crippen molar-refractivity contribution in [3.05, 3.63) is 45.7 Å². The smallest absolute Gasteiger partial charge is 0.251 e. The molecule has 0 atom stereocenters. The lowest BCUT2D eigenvalue weighted by Crippen LogP contribution is -2.40. The van der Waals surface area contributed by atoms with Gasteiger partial charge in [0.05, 0.1) is 4.90 Å². The van der Waals surface area contributed by atoms with Gasteiger partial charge in [-0.15, -0.1) is 11.3 Å². The highest BCUT2D eigenvalue weighted by Gasteiger charge is 2.32. The number of thiazole rings is 1. The first kappa shape index (κ1) is 19.0. The summed E-state index contributed by atoms with van der Waals surface area (Å²) in [6.45, 7) is 4.45. The predicted octanol–water partition coefficient (Wildman–Crippen LogP) is 2.23. The summed E-state index contributed by atoms with van der Waals surface area (Å²) >= 11 is 1.42. The summed E-state index contributed by atoms with van der Waals surface area (Å²) in [5.41, 5.74) is 1.79. The zero-order chi connectivity index (χ0) is 18.9. The number of amides is 1. The van der Waals surface area contributed by atoms with Crippen LogP contribution in [-0.2, 0) is 21.9 Å². The Morgan fingerprint density at radius 3 is 2.50 bits per heavy atom. The first-order valence-electron chi connectivity index (χ1n) is 8.55. The van der Waals surface area contributed by atoms with Crippen molar-refractivity contribution in [2.45, 2.75) is 31.6 Å². The number of benzene rings is 1. The number of carbonyl (C=O) groups excluding carboxylic acids is 1. The Labute approximate surface area is 157 Å². The summed E-state index contributed by atoms with van der Waals surface area (Å²) in [6.07, 6.45) is 2.86. The molecular formula is C18H23N3O3S2. The fourth-order valence-electron chi connectivity index (χ4n) is 3.19. The molecule has 3 rings (SSSR count). The summed E-state index contributed by atoms with van der Waals surface area (Å²) in [4.78, 5) is 17.6. The molecule has 1 aliphatic rings. The highest BCUT2D eigenvalue weighted by atomic mass is 32.2. The number of rotatable bonds is 3. The standard InChI is InChI=1S/C18H23N3O3S2/c1-13-4-5-16(14(2)12-13)26(23,24)21-8-6-15(7-9-21)17(22)19-18-20(3)10-11-25-18/h4-5,10-12,15H,6-9H2,1-3H3. The molecule has 0 saturated carbocycles. The molecule has 0 N–H and O–H groups in total. The quantitative estimate of drug-likeness (QED) is 0.803. The van der Waals surface area contributed by atoms with Crippen LogP contribution in [0.15, 0.2) is 39.7 Å². The molecule has 1 aromatic heterocycles. The van der Waals surface area contributed by atoms with E-state index in [4.69, 9.17) is 0 Å². The topological polar surface area (TPSA) is 71.7 Å². The minimum atomic E-state index is -3.53. The van der Waals surface area contributed by atoms with Gasteiger partial charge in [-0.25, -0.2) is 8.42 Å². The van der Waals surface area contributed by atoms with Crippen molar-refractivity contribution < 1.29 is 13.2 Å². The first-order chi connectivity index (χ1) is 12.3. The molecule has 1 amide bonds. The Bertz CT molecular complexity index is 981. The molecule has 1 aromatic carbocycles. The van der Waals surface area contributed by atoms with Crippen molar-refractivity contribution in [2.24, 2.45) is 18.0 Å². The Morgan fingerprint density at radius 2 is 1.92 bits per heavy atom. The lowest BCUT2D eigenvalue weighted by molar-refractivity contribution is -0.122. The van der Waals surface area contributed by atoms with Gasteiger partial charge in [0.2, 0.25) is 10.0 Å². The molecule has 26 heavy (non-hydrogen) atoms. The summed E-state index contributed by atoms with van der Waals surface area (Å²) in [5, 5.41) is 1.88. The average Bonchev–Trinajstić information content (AvgIpc) is 2.99. The van der Waals surface area contributed by atoms with Crippen molar-refractivity contribution >= 4 is 27.3 Å². The molecule has 0 aliphatic carbocycles. The second-order valence-electron chi connectivity index (χ2n) is 6.69. The molecule has 8 heteroatoms. The van der Waals surface area contributed by atoms with E-state index < -0.39 is 10.0 Å². The van der Waals surface area contributed by atoms with E-state index in [1.165, 1.54) is 15.6 Å². The maximum atomic E-state index is 12.9. The SMILES string of the molecule is Cc1ccc(S(=O)(=O)N2CCC(C(=O)N=c3sccn3C)CC2)c(C)c1. The van der Waals surface area contributed by atoms with Gasteiger partial charge in [0.25, 0.3) is 5.91 Å². The van der Waals surface area contributed by atoms with Gasteiger partial charge in [-0.3, -0.25) is 4.79 Å². The average molecular weight is 394 g/mol. The van der Waals surface area contributed by atoms with E-state index in [1.54, 1.807) is 6.07 Å². The van der Waals surface area contributed by atoms with Crippen LogP contribution in [-0.4, -0.2) is 36.3 Å². The number of nitrogens with zero attached hydrogens (tertiary/aromatic N) is 3. The van der Waals surface area contributed by atoms with E-state index in [1.807, 2.05) is 49.2 Å². The van der Waals surface area contributed by atoms with Crippen LogP contribution in [0.2, 0.25) is 0 Å². The largest absolute Gasteiger partial charge is 0.327 e. The molecule has 2 aromatic rings. The van der Waals surface area contributed by atoms with Crippen molar-refractivity contribution in [1.29, 1.82) is 0 Å². The second-order valence-corrected chi connectivity index (χ2v) is 9.47. The van der Waals surface area contributed by atoms with Gasteiger partial charge in [-0.1, -0.05) is 17.7 Å². The number of piperidine rings is 1. The number of sulfonamides is 1. The number of hydrogen-bond acceptors (Lipinski definition) is 4.